The molecule has 1 aliphatic rings. The molecule has 148 valence electrons. The molecule has 1 aromatic carbocycles. The predicted molar refractivity (Wildman–Crippen MR) is 111 cm³/mol. The molecule has 0 saturated heterocycles. The van der Waals surface area contributed by atoms with Gasteiger partial charge in [-0.25, -0.2) is 4.98 Å². The zero-order chi connectivity index (χ0) is 20.4. The first-order valence-electron chi connectivity index (χ1n) is 9.87. The molecule has 0 aliphatic heterocycles. The lowest BCUT2D eigenvalue weighted by Crippen LogP contribution is -2.38. The SMILES string of the molecule is Cc1ccc2nc(-c3cccnc3)cc(C(=O)NC3CCC(C(=O)O)CC3)c2c1. The van der Waals surface area contributed by atoms with Gasteiger partial charge in [-0.05, 0) is 62.9 Å². The van der Waals surface area contributed by atoms with E-state index >= 15 is 0 Å². The Morgan fingerprint density at radius 1 is 1.10 bits per heavy atom. The summed E-state index contributed by atoms with van der Waals surface area (Å²) in [4.78, 5) is 33.2. The van der Waals surface area contributed by atoms with Crippen molar-refractivity contribution in [2.75, 3.05) is 0 Å². The number of carbonyl (C=O) groups is 2. The fourth-order valence-corrected chi connectivity index (χ4v) is 3.94. The number of aliphatic carboxylic acids is 1. The number of carbonyl (C=O) groups excluding carboxylic acids is 1. The first-order chi connectivity index (χ1) is 14.0. The third kappa shape index (κ3) is 4.11. The summed E-state index contributed by atoms with van der Waals surface area (Å²) in [6.45, 7) is 1.99. The Balaban J connectivity index is 1.65. The number of amides is 1. The fraction of sp³-hybridized carbons (Fsp3) is 0.304. The van der Waals surface area contributed by atoms with Crippen molar-refractivity contribution in [3.63, 3.8) is 0 Å². The van der Waals surface area contributed by atoms with Crippen molar-refractivity contribution in [1.29, 1.82) is 0 Å². The highest BCUT2D eigenvalue weighted by atomic mass is 16.4. The van der Waals surface area contributed by atoms with Crippen molar-refractivity contribution < 1.29 is 14.7 Å². The van der Waals surface area contributed by atoms with Gasteiger partial charge in [0.25, 0.3) is 5.91 Å². The summed E-state index contributed by atoms with van der Waals surface area (Å²) in [5.41, 5.74) is 3.96. The molecule has 2 heterocycles. The lowest BCUT2D eigenvalue weighted by Gasteiger charge is -2.27. The summed E-state index contributed by atoms with van der Waals surface area (Å²) in [5, 5.41) is 13.1. The van der Waals surface area contributed by atoms with Crippen LogP contribution < -0.4 is 5.32 Å². The van der Waals surface area contributed by atoms with E-state index in [4.69, 9.17) is 10.1 Å². The van der Waals surface area contributed by atoms with Gasteiger partial charge >= 0.3 is 5.97 Å². The Kier molecular flexibility index (Phi) is 5.25. The summed E-state index contributed by atoms with van der Waals surface area (Å²) >= 11 is 0. The highest BCUT2D eigenvalue weighted by Crippen LogP contribution is 2.27. The molecule has 1 aliphatic carbocycles. The summed E-state index contributed by atoms with van der Waals surface area (Å²) in [7, 11) is 0. The van der Waals surface area contributed by atoms with Crippen LogP contribution in [0.15, 0.2) is 48.8 Å². The van der Waals surface area contributed by atoms with Gasteiger partial charge in [0.2, 0.25) is 0 Å². The van der Waals surface area contributed by atoms with Crippen LogP contribution in [0.1, 0.15) is 41.6 Å². The van der Waals surface area contributed by atoms with Crippen LogP contribution >= 0.6 is 0 Å². The molecule has 0 atom stereocenters. The van der Waals surface area contributed by atoms with Gasteiger partial charge in [-0.1, -0.05) is 11.6 Å². The number of aryl methyl sites for hydroxylation is 1. The van der Waals surface area contributed by atoms with Crippen LogP contribution in [0.2, 0.25) is 0 Å². The summed E-state index contributed by atoms with van der Waals surface area (Å²) in [5.74, 6) is -1.19. The highest BCUT2D eigenvalue weighted by Gasteiger charge is 2.27. The molecule has 6 heteroatoms. The Hall–Kier alpha value is -3.28. The number of aromatic nitrogens is 2. The average Bonchev–Trinajstić information content (AvgIpc) is 2.74. The third-order valence-corrected chi connectivity index (χ3v) is 5.58. The monoisotopic (exact) mass is 389 g/mol. The van der Waals surface area contributed by atoms with Gasteiger partial charge < -0.3 is 10.4 Å². The van der Waals surface area contributed by atoms with Gasteiger partial charge in [-0.2, -0.15) is 0 Å². The zero-order valence-electron chi connectivity index (χ0n) is 16.3. The highest BCUT2D eigenvalue weighted by molar-refractivity contribution is 6.07. The number of carboxylic acids is 1. The lowest BCUT2D eigenvalue weighted by molar-refractivity contribution is -0.142. The third-order valence-electron chi connectivity index (χ3n) is 5.58. The molecule has 1 fully saturated rings. The van der Waals surface area contributed by atoms with Crippen molar-refractivity contribution >= 4 is 22.8 Å². The number of nitrogens with one attached hydrogen (secondary N) is 1. The van der Waals surface area contributed by atoms with E-state index in [0.717, 1.165) is 22.0 Å². The van der Waals surface area contributed by atoms with E-state index in [1.165, 1.54) is 0 Å². The number of rotatable bonds is 4. The van der Waals surface area contributed by atoms with E-state index in [-0.39, 0.29) is 17.9 Å². The molecule has 29 heavy (non-hydrogen) atoms. The maximum Gasteiger partial charge on any atom is 0.306 e. The van der Waals surface area contributed by atoms with Crippen LogP contribution in [0, 0.1) is 12.8 Å². The maximum absolute atomic E-state index is 13.2. The van der Waals surface area contributed by atoms with Crippen LogP contribution in [0.3, 0.4) is 0 Å². The zero-order valence-corrected chi connectivity index (χ0v) is 16.3. The Bertz CT molecular complexity index is 1060. The van der Waals surface area contributed by atoms with Crippen LogP contribution in [0.25, 0.3) is 22.2 Å². The number of pyridine rings is 2. The van der Waals surface area contributed by atoms with Crippen LogP contribution in [0.5, 0.6) is 0 Å². The minimum atomic E-state index is -0.744. The smallest absolute Gasteiger partial charge is 0.306 e. The van der Waals surface area contributed by atoms with Crippen LogP contribution in [-0.4, -0.2) is 33.0 Å². The van der Waals surface area contributed by atoms with Crippen molar-refractivity contribution in [3.05, 3.63) is 59.9 Å². The first-order valence-corrected chi connectivity index (χ1v) is 9.87. The summed E-state index contributed by atoms with van der Waals surface area (Å²) < 4.78 is 0. The molecule has 6 nitrogen and oxygen atoms in total. The predicted octanol–water partition coefficient (Wildman–Crippen LogP) is 3.98. The van der Waals surface area contributed by atoms with Gasteiger partial charge in [0.15, 0.2) is 0 Å². The van der Waals surface area contributed by atoms with E-state index in [1.807, 2.05) is 43.3 Å². The quantitative estimate of drug-likeness (QED) is 0.704. The molecule has 4 rings (SSSR count). The van der Waals surface area contributed by atoms with E-state index in [9.17, 15) is 9.59 Å². The molecule has 0 spiro atoms. The second-order valence-electron chi connectivity index (χ2n) is 7.68. The van der Waals surface area contributed by atoms with Gasteiger partial charge in [-0.15, -0.1) is 0 Å². The number of fused-ring (bicyclic) bond motifs is 1. The van der Waals surface area contributed by atoms with Crippen molar-refractivity contribution in [2.24, 2.45) is 5.92 Å². The Morgan fingerprint density at radius 3 is 2.59 bits per heavy atom. The summed E-state index contributed by atoms with van der Waals surface area (Å²) in [6, 6.07) is 11.5. The average molecular weight is 389 g/mol. The van der Waals surface area contributed by atoms with Gasteiger partial charge in [0.05, 0.1) is 22.7 Å². The second kappa shape index (κ2) is 7.99. The summed E-state index contributed by atoms with van der Waals surface area (Å²) in [6.07, 6.45) is 5.99. The molecular formula is C23H23N3O3. The fourth-order valence-electron chi connectivity index (χ4n) is 3.94. The molecule has 1 saturated carbocycles. The van der Waals surface area contributed by atoms with Crippen molar-refractivity contribution in [1.82, 2.24) is 15.3 Å². The van der Waals surface area contributed by atoms with E-state index in [2.05, 4.69) is 10.3 Å². The van der Waals surface area contributed by atoms with Crippen molar-refractivity contribution in [3.8, 4) is 11.3 Å². The Labute approximate surface area is 169 Å². The normalized spacial score (nSPS) is 19.1. The largest absolute Gasteiger partial charge is 0.481 e. The second-order valence-corrected chi connectivity index (χ2v) is 7.68. The topological polar surface area (TPSA) is 92.2 Å². The number of carboxylic acid groups (broad SMARTS) is 1. The lowest BCUT2D eigenvalue weighted by atomic mass is 9.86. The minimum Gasteiger partial charge on any atom is -0.481 e. The molecule has 0 unspecified atom stereocenters. The molecule has 3 aromatic rings. The van der Waals surface area contributed by atoms with Gasteiger partial charge in [0, 0.05) is 29.4 Å². The minimum absolute atomic E-state index is 0.00651. The van der Waals surface area contributed by atoms with E-state index in [0.29, 0.717) is 36.9 Å². The standard InChI is InChI=1S/C23H23N3O3/c1-14-4-9-20-18(11-14)19(12-21(26-20)16-3-2-10-24-13-16)22(27)25-17-7-5-15(6-8-17)23(28)29/h2-4,9-13,15,17H,5-8H2,1H3,(H,25,27)(H,28,29). The molecule has 2 aromatic heterocycles. The number of nitrogens with zero attached hydrogens (tertiary/aromatic N) is 2. The van der Waals surface area contributed by atoms with Crippen LogP contribution in [-0.2, 0) is 4.79 Å². The molecular weight excluding hydrogens is 366 g/mol. The van der Waals surface area contributed by atoms with Gasteiger partial charge in [-0.3, -0.25) is 14.6 Å². The van der Waals surface area contributed by atoms with Gasteiger partial charge in [0.1, 0.15) is 0 Å². The van der Waals surface area contributed by atoms with E-state index < -0.39 is 5.97 Å². The number of benzene rings is 1. The molecule has 2 N–H and O–H groups in total. The molecule has 1 amide bonds. The van der Waals surface area contributed by atoms with Crippen LogP contribution in [0.4, 0.5) is 0 Å². The van der Waals surface area contributed by atoms with Crippen molar-refractivity contribution in [2.45, 2.75) is 38.6 Å². The molecule has 0 bridgehead atoms. The number of hydrogen-bond donors (Lipinski definition) is 2. The number of hydrogen-bond acceptors (Lipinski definition) is 4. The first kappa shape index (κ1) is 19.1. The maximum atomic E-state index is 13.2. The molecule has 0 radical (unpaired) electrons. The van der Waals surface area contributed by atoms with E-state index in [1.54, 1.807) is 12.4 Å². The Morgan fingerprint density at radius 2 is 1.90 bits per heavy atom.